The van der Waals surface area contributed by atoms with Crippen LogP contribution in [-0.4, -0.2) is 78.2 Å². The largest absolute Gasteiger partial charge is 0.354 e. The van der Waals surface area contributed by atoms with Crippen LogP contribution in [0.1, 0.15) is 6.92 Å². The molecular formula is C13H25N7S. The average molecular weight is 311 g/mol. The second kappa shape index (κ2) is 8.23. The van der Waals surface area contributed by atoms with Crippen molar-refractivity contribution in [1.82, 2.24) is 19.9 Å². The number of nitrogens with one attached hydrogen (secondary N) is 2. The van der Waals surface area contributed by atoms with Crippen LogP contribution in [0.3, 0.4) is 0 Å². The van der Waals surface area contributed by atoms with Gasteiger partial charge in [0.25, 0.3) is 0 Å². The van der Waals surface area contributed by atoms with Crippen LogP contribution in [0.15, 0.2) is 0 Å². The highest BCUT2D eigenvalue weighted by Crippen LogP contribution is 2.12. The number of anilines is 3. The molecule has 0 aromatic carbocycles. The van der Waals surface area contributed by atoms with Crippen molar-refractivity contribution < 1.29 is 0 Å². The molecule has 1 aromatic rings. The first-order valence-corrected chi connectivity index (χ1v) is 8.55. The first-order chi connectivity index (χ1) is 10.2. The lowest BCUT2D eigenvalue weighted by molar-refractivity contribution is 0.314. The van der Waals surface area contributed by atoms with Gasteiger partial charge in [-0.15, -0.1) is 0 Å². The lowest BCUT2D eigenvalue weighted by atomic mass is 10.4. The predicted octanol–water partition coefficient (Wildman–Crippen LogP) is 0.830. The standard InChI is InChI=1S/C13H25N7S/c1-4-14-11-16-12(18-13(17-11)19(2)3)15-5-6-20-7-9-21-10-8-20/h4-10H2,1-3H3,(H2,14,15,16,17,18). The Morgan fingerprint density at radius 1 is 1.10 bits per heavy atom. The van der Waals surface area contributed by atoms with Crippen molar-refractivity contribution in [2.24, 2.45) is 0 Å². The number of aromatic nitrogens is 3. The van der Waals surface area contributed by atoms with E-state index in [9.17, 15) is 0 Å². The van der Waals surface area contributed by atoms with Gasteiger partial charge >= 0.3 is 0 Å². The fourth-order valence-electron chi connectivity index (χ4n) is 2.03. The highest BCUT2D eigenvalue weighted by Gasteiger charge is 2.11. The highest BCUT2D eigenvalue weighted by atomic mass is 32.2. The summed E-state index contributed by atoms with van der Waals surface area (Å²) in [5, 5.41) is 6.45. The van der Waals surface area contributed by atoms with Crippen molar-refractivity contribution >= 4 is 29.6 Å². The summed E-state index contributed by atoms with van der Waals surface area (Å²) in [6, 6.07) is 0. The maximum absolute atomic E-state index is 4.43. The van der Waals surface area contributed by atoms with E-state index in [4.69, 9.17) is 0 Å². The smallest absolute Gasteiger partial charge is 0.231 e. The van der Waals surface area contributed by atoms with E-state index in [0.717, 1.165) is 19.6 Å². The molecule has 2 rings (SSSR count). The molecule has 0 bridgehead atoms. The van der Waals surface area contributed by atoms with E-state index >= 15 is 0 Å². The summed E-state index contributed by atoms with van der Waals surface area (Å²) < 4.78 is 0. The Labute approximate surface area is 130 Å². The summed E-state index contributed by atoms with van der Waals surface area (Å²) in [7, 11) is 3.86. The van der Waals surface area contributed by atoms with Gasteiger partial charge in [0.15, 0.2) is 0 Å². The van der Waals surface area contributed by atoms with Crippen molar-refractivity contribution in [2.45, 2.75) is 6.92 Å². The number of hydrogen-bond acceptors (Lipinski definition) is 8. The fourth-order valence-corrected chi connectivity index (χ4v) is 3.01. The maximum Gasteiger partial charge on any atom is 0.231 e. The van der Waals surface area contributed by atoms with Crippen LogP contribution in [0.25, 0.3) is 0 Å². The molecule has 0 saturated carbocycles. The lowest BCUT2D eigenvalue weighted by Crippen LogP contribution is -2.36. The van der Waals surface area contributed by atoms with Crippen LogP contribution < -0.4 is 15.5 Å². The summed E-state index contributed by atoms with van der Waals surface area (Å²) in [5.41, 5.74) is 0. The molecule has 0 radical (unpaired) electrons. The maximum atomic E-state index is 4.43. The van der Waals surface area contributed by atoms with E-state index in [1.54, 1.807) is 0 Å². The lowest BCUT2D eigenvalue weighted by Gasteiger charge is -2.26. The second-order valence-corrected chi connectivity index (χ2v) is 6.31. The molecule has 8 heteroatoms. The minimum absolute atomic E-state index is 0.619. The topological polar surface area (TPSA) is 69.2 Å². The molecule has 0 spiro atoms. The molecule has 1 aliphatic rings. The van der Waals surface area contributed by atoms with Gasteiger partial charge in [-0.3, -0.25) is 4.90 Å². The second-order valence-electron chi connectivity index (χ2n) is 5.09. The SMILES string of the molecule is CCNc1nc(NCCN2CCSCC2)nc(N(C)C)n1. The molecule has 0 atom stereocenters. The summed E-state index contributed by atoms with van der Waals surface area (Å²) in [5.74, 6) is 4.39. The first-order valence-electron chi connectivity index (χ1n) is 7.40. The molecule has 7 nitrogen and oxygen atoms in total. The molecule has 1 aromatic heterocycles. The van der Waals surface area contributed by atoms with Crippen molar-refractivity contribution in [3.63, 3.8) is 0 Å². The van der Waals surface area contributed by atoms with Crippen molar-refractivity contribution in [2.75, 3.05) is 73.9 Å². The number of nitrogens with zero attached hydrogens (tertiary/aromatic N) is 5. The van der Waals surface area contributed by atoms with Crippen LogP contribution in [0.4, 0.5) is 17.8 Å². The van der Waals surface area contributed by atoms with Crippen LogP contribution >= 0.6 is 11.8 Å². The Kier molecular flexibility index (Phi) is 6.31. The molecule has 2 N–H and O–H groups in total. The van der Waals surface area contributed by atoms with Crippen molar-refractivity contribution in [1.29, 1.82) is 0 Å². The first kappa shape index (κ1) is 16.1. The Bertz CT molecular complexity index is 435. The van der Waals surface area contributed by atoms with Gasteiger partial charge in [-0.05, 0) is 6.92 Å². The van der Waals surface area contributed by atoms with E-state index in [0.29, 0.717) is 17.8 Å². The zero-order valence-corrected chi connectivity index (χ0v) is 13.9. The van der Waals surface area contributed by atoms with E-state index in [1.807, 2.05) is 37.7 Å². The van der Waals surface area contributed by atoms with Gasteiger partial charge in [-0.2, -0.15) is 26.7 Å². The normalized spacial score (nSPS) is 15.8. The van der Waals surface area contributed by atoms with Crippen LogP contribution in [0, 0.1) is 0 Å². The minimum atomic E-state index is 0.619. The highest BCUT2D eigenvalue weighted by molar-refractivity contribution is 7.99. The Balaban J connectivity index is 1.91. The molecule has 0 unspecified atom stereocenters. The number of rotatable bonds is 7. The van der Waals surface area contributed by atoms with E-state index < -0.39 is 0 Å². The number of hydrogen-bond donors (Lipinski definition) is 2. The van der Waals surface area contributed by atoms with Crippen LogP contribution in [0.2, 0.25) is 0 Å². The zero-order chi connectivity index (χ0) is 15.1. The average Bonchev–Trinajstić information content (AvgIpc) is 2.48. The van der Waals surface area contributed by atoms with E-state index in [2.05, 4.69) is 30.5 Å². The van der Waals surface area contributed by atoms with Crippen LogP contribution in [0.5, 0.6) is 0 Å². The molecule has 0 aliphatic carbocycles. The Hall–Kier alpha value is -1.28. The van der Waals surface area contributed by atoms with Gasteiger partial charge in [0.2, 0.25) is 17.8 Å². The van der Waals surface area contributed by atoms with Crippen molar-refractivity contribution in [3.05, 3.63) is 0 Å². The predicted molar refractivity (Wildman–Crippen MR) is 90.6 cm³/mol. The van der Waals surface area contributed by atoms with E-state index in [1.165, 1.54) is 24.6 Å². The minimum Gasteiger partial charge on any atom is -0.354 e. The number of thioether (sulfide) groups is 1. The summed E-state index contributed by atoms with van der Waals surface area (Å²) >= 11 is 2.03. The van der Waals surface area contributed by atoms with Gasteiger partial charge in [0, 0.05) is 58.3 Å². The third-order valence-electron chi connectivity index (χ3n) is 3.17. The third-order valence-corrected chi connectivity index (χ3v) is 4.12. The van der Waals surface area contributed by atoms with Gasteiger partial charge in [-0.1, -0.05) is 0 Å². The van der Waals surface area contributed by atoms with Gasteiger partial charge < -0.3 is 15.5 Å². The van der Waals surface area contributed by atoms with Gasteiger partial charge in [0.05, 0.1) is 0 Å². The summed E-state index contributed by atoms with van der Waals surface area (Å²) in [6.45, 7) is 7.06. The third kappa shape index (κ3) is 5.20. The van der Waals surface area contributed by atoms with E-state index in [-0.39, 0.29) is 0 Å². The summed E-state index contributed by atoms with van der Waals surface area (Å²) in [4.78, 5) is 17.5. The Morgan fingerprint density at radius 3 is 2.38 bits per heavy atom. The molecule has 0 amide bonds. The van der Waals surface area contributed by atoms with Crippen molar-refractivity contribution in [3.8, 4) is 0 Å². The van der Waals surface area contributed by atoms with Crippen LogP contribution in [-0.2, 0) is 0 Å². The molecule has 21 heavy (non-hydrogen) atoms. The fraction of sp³-hybridized carbons (Fsp3) is 0.769. The van der Waals surface area contributed by atoms with Gasteiger partial charge in [0.1, 0.15) is 0 Å². The molecule has 2 heterocycles. The molecular weight excluding hydrogens is 286 g/mol. The Morgan fingerprint density at radius 2 is 1.76 bits per heavy atom. The molecule has 1 fully saturated rings. The quantitative estimate of drug-likeness (QED) is 0.767. The molecule has 1 saturated heterocycles. The summed E-state index contributed by atoms with van der Waals surface area (Å²) in [6.07, 6.45) is 0. The molecule has 1 aliphatic heterocycles. The zero-order valence-electron chi connectivity index (χ0n) is 13.1. The monoisotopic (exact) mass is 311 g/mol. The van der Waals surface area contributed by atoms with Gasteiger partial charge in [-0.25, -0.2) is 0 Å². The molecule has 118 valence electrons.